The van der Waals surface area contributed by atoms with Crippen LogP contribution >= 0.6 is 0 Å². The molecule has 0 saturated carbocycles. The Balaban J connectivity index is 1.88. The molecule has 1 N–H and O–H groups in total. The van der Waals surface area contributed by atoms with E-state index in [4.69, 9.17) is 0 Å². The fourth-order valence-electron chi connectivity index (χ4n) is 2.04. The van der Waals surface area contributed by atoms with E-state index < -0.39 is 0 Å². The topological polar surface area (TPSA) is 77.6 Å². The van der Waals surface area contributed by atoms with Gasteiger partial charge in [0.05, 0.1) is 12.2 Å². The van der Waals surface area contributed by atoms with E-state index in [1.54, 1.807) is 15.6 Å². The molecule has 2 rings (SSSR count). The minimum atomic E-state index is -0.102. The fraction of sp³-hybridized carbons (Fsp3) is 0.538. The van der Waals surface area contributed by atoms with Crippen molar-refractivity contribution in [1.82, 2.24) is 29.9 Å². The highest BCUT2D eigenvalue weighted by atomic mass is 16.1. The molecule has 7 nitrogen and oxygen atoms in total. The molecule has 0 aliphatic carbocycles. The second-order valence-corrected chi connectivity index (χ2v) is 4.80. The first-order valence-electron chi connectivity index (χ1n) is 6.72. The summed E-state index contributed by atoms with van der Waals surface area (Å²) in [6, 6.07) is -0.102. The summed E-state index contributed by atoms with van der Waals surface area (Å²) in [5.74, 6) is 0.767. The van der Waals surface area contributed by atoms with E-state index in [0.717, 1.165) is 17.8 Å². The Morgan fingerprint density at radius 3 is 2.80 bits per heavy atom. The van der Waals surface area contributed by atoms with Gasteiger partial charge in [-0.05, 0) is 18.9 Å². The zero-order chi connectivity index (χ0) is 14.5. The Labute approximate surface area is 118 Å². The summed E-state index contributed by atoms with van der Waals surface area (Å²) < 4.78 is 3.46. The molecule has 0 radical (unpaired) electrons. The molecule has 0 aliphatic heterocycles. The molecule has 1 amide bonds. The largest absolute Gasteiger partial charge is 0.346 e. The van der Waals surface area contributed by atoms with Crippen LogP contribution in [0.3, 0.4) is 0 Å². The van der Waals surface area contributed by atoms with Crippen LogP contribution in [0.15, 0.2) is 18.7 Å². The molecule has 0 unspecified atom stereocenters. The highest BCUT2D eigenvalue weighted by molar-refractivity contribution is 5.76. The van der Waals surface area contributed by atoms with E-state index in [-0.39, 0.29) is 11.9 Å². The van der Waals surface area contributed by atoms with Crippen LogP contribution in [0.25, 0.3) is 0 Å². The maximum absolute atomic E-state index is 12.0. The van der Waals surface area contributed by atoms with Gasteiger partial charge in [0.25, 0.3) is 0 Å². The van der Waals surface area contributed by atoms with Gasteiger partial charge in [-0.2, -0.15) is 10.2 Å². The van der Waals surface area contributed by atoms with Crippen LogP contribution in [0.4, 0.5) is 0 Å². The van der Waals surface area contributed by atoms with E-state index in [0.29, 0.717) is 13.0 Å². The molecule has 0 aromatic carbocycles. The highest BCUT2D eigenvalue weighted by Gasteiger charge is 2.17. The van der Waals surface area contributed by atoms with Gasteiger partial charge in [-0.1, -0.05) is 6.92 Å². The van der Waals surface area contributed by atoms with Gasteiger partial charge in [0.1, 0.15) is 12.2 Å². The summed E-state index contributed by atoms with van der Waals surface area (Å²) >= 11 is 0. The van der Waals surface area contributed by atoms with Crippen molar-refractivity contribution in [1.29, 1.82) is 0 Å². The first-order valence-corrected chi connectivity index (χ1v) is 6.72. The maximum atomic E-state index is 12.0. The Bertz CT molecular complexity index is 573. The Morgan fingerprint density at radius 2 is 2.25 bits per heavy atom. The number of aromatic nitrogens is 5. The van der Waals surface area contributed by atoms with Crippen molar-refractivity contribution in [3.63, 3.8) is 0 Å². The van der Waals surface area contributed by atoms with Crippen LogP contribution in [0.1, 0.15) is 37.2 Å². The third kappa shape index (κ3) is 3.43. The van der Waals surface area contributed by atoms with Gasteiger partial charge in [-0.25, -0.2) is 4.98 Å². The van der Waals surface area contributed by atoms with Crippen LogP contribution in [0.5, 0.6) is 0 Å². The first-order chi connectivity index (χ1) is 9.60. The summed E-state index contributed by atoms with van der Waals surface area (Å²) in [6.45, 7) is 4.57. The average molecular weight is 276 g/mol. The quantitative estimate of drug-likeness (QED) is 0.853. The number of carbonyl (C=O) groups excluding carboxylic acids is 1. The lowest BCUT2D eigenvalue weighted by Gasteiger charge is -2.16. The minimum absolute atomic E-state index is 0.00648. The second-order valence-electron chi connectivity index (χ2n) is 4.80. The van der Waals surface area contributed by atoms with Crippen LogP contribution in [-0.4, -0.2) is 30.5 Å². The predicted molar refractivity (Wildman–Crippen MR) is 73.8 cm³/mol. The molecule has 1 atom stereocenters. The standard InChI is InChI=1S/C13H20N6O/c1-4-11(13-14-9-16-18(13)3)17-12(20)5-6-19-8-10(2)7-15-19/h7-9,11H,4-6H2,1-3H3,(H,17,20)/t11-/m1/s1. The van der Waals surface area contributed by atoms with Crippen molar-refractivity contribution < 1.29 is 4.79 Å². The van der Waals surface area contributed by atoms with Crippen molar-refractivity contribution in [3.8, 4) is 0 Å². The normalized spacial score (nSPS) is 12.3. The predicted octanol–water partition coefficient (Wildman–Crippen LogP) is 0.978. The molecular formula is C13H20N6O. The lowest BCUT2D eigenvalue weighted by molar-refractivity contribution is -0.122. The van der Waals surface area contributed by atoms with E-state index in [9.17, 15) is 4.79 Å². The molecule has 0 spiro atoms. The van der Waals surface area contributed by atoms with Gasteiger partial charge < -0.3 is 5.32 Å². The highest BCUT2D eigenvalue weighted by Crippen LogP contribution is 2.12. The molecule has 0 bridgehead atoms. The van der Waals surface area contributed by atoms with Crippen molar-refractivity contribution >= 4 is 5.91 Å². The number of nitrogens with one attached hydrogen (secondary N) is 1. The molecule has 2 aromatic heterocycles. The SMILES string of the molecule is CC[C@@H](NC(=O)CCn1cc(C)cn1)c1ncnn1C. The summed E-state index contributed by atoms with van der Waals surface area (Å²) in [7, 11) is 1.82. The number of hydrogen-bond donors (Lipinski definition) is 1. The lowest BCUT2D eigenvalue weighted by atomic mass is 10.2. The van der Waals surface area contributed by atoms with Gasteiger partial charge in [-0.3, -0.25) is 14.2 Å². The van der Waals surface area contributed by atoms with Crippen LogP contribution in [-0.2, 0) is 18.4 Å². The second kappa shape index (κ2) is 6.31. The molecule has 20 heavy (non-hydrogen) atoms. The summed E-state index contributed by atoms with van der Waals surface area (Å²) in [5, 5.41) is 11.2. The summed E-state index contributed by atoms with van der Waals surface area (Å²) in [5.41, 5.74) is 1.09. The minimum Gasteiger partial charge on any atom is -0.346 e. The molecule has 7 heteroatoms. The third-order valence-electron chi connectivity index (χ3n) is 3.13. The monoisotopic (exact) mass is 276 g/mol. The van der Waals surface area contributed by atoms with Gasteiger partial charge in [0.2, 0.25) is 5.91 Å². The van der Waals surface area contributed by atoms with Gasteiger partial charge in [-0.15, -0.1) is 0 Å². The number of carbonyl (C=O) groups is 1. The van der Waals surface area contributed by atoms with Crippen molar-refractivity contribution in [2.45, 2.75) is 39.3 Å². The van der Waals surface area contributed by atoms with Gasteiger partial charge >= 0.3 is 0 Å². The van der Waals surface area contributed by atoms with Crippen LogP contribution in [0, 0.1) is 6.92 Å². The Morgan fingerprint density at radius 1 is 1.45 bits per heavy atom. The van der Waals surface area contributed by atoms with Gasteiger partial charge in [0, 0.05) is 26.2 Å². The Kier molecular flexibility index (Phi) is 4.49. The van der Waals surface area contributed by atoms with E-state index in [1.807, 2.05) is 27.1 Å². The number of nitrogens with zero attached hydrogens (tertiary/aromatic N) is 5. The molecule has 0 aliphatic rings. The number of hydrogen-bond acceptors (Lipinski definition) is 4. The third-order valence-corrected chi connectivity index (χ3v) is 3.13. The zero-order valence-electron chi connectivity index (χ0n) is 12.1. The molecule has 0 saturated heterocycles. The van der Waals surface area contributed by atoms with Gasteiger partial charge in [0.15, 0.2) is 0 Å². The number of amides is 1. The van der Waals surface area contributed by atoms with Crippen molar-refractivity contribution in [2.24, 2.45) is 7.05 Å². The molecule has 2 aromatic rings. The maximum Gasteiger partial charge on any atom is 0.222 e. The van der Waals surface area contributed by atoms with E-state index in [2.05, 4.69) is 20.5 Å². The molecular weight excluding hydrogens is 256 g/mol. The summed E-state index contributed by atoms with van der Waals surface area (Å²) in [4.78, 5) is 16.2. The van der Waals surface area contributed by atoms with Crippen molar-refractivity contribution in [2.75, 3.05) is 0 Å². The number of aryl methyl sites for hydroxylation is 3. The van der Waals surface area contributed by atoms with Crippen LogP contribution in [0.2, 0.25) is 0 Å². The smallest absolute Gasteiger partial charge is 0.222 e. The molecule has 2 heterocycles. The summed E-state index contributed by atoms with van der Waals surface area (Å²) in [6.07, 6.45) is 6.38. The van der Waals surface area contributed by atoms with Crippen LogP contribution < -0.4 is 5.32 Å². The molecule has 0 fully saturated rings. The Hall–Kier alpha value is -2.18. The van der Waals surface area contributed by atoms with Crippen molar-refractivity contribution in [3.05, 3.63) is 30.1 Å². The molecule has 108 valence electrons. The lowest BCUT2D eigenvalue weighted by Crippen LogP contribution is -2.30. The van der Waals surface area contributed by atoms with E-state index in [1.165, 1.54) is 6.33 Å². The average Bonchev–Trinajstić information content (AvgIpc) is 3.02. The fourth-order valence-corrected chi connectivity index (χ4v) is 2.04. The van der Waals surface area contributed by atoms with E-state index >= 15 is 0 Å². The number of rotatable bonds is 6. The zero-order valence-corrected chi connectivity index (χ0v) is 12.1. The first kappa shape index (κ1) is 14.2.